The summed E-state index contributed by atoms with van der Waals surface area (Å²) in [4.78, 5) is 22.4. The second-order valence-electron chi connectivity index (χ2n) is 5.22. The molecule has 0 rings (SSSR count). The number of likely N-dealkylation sites (N-methyl/N-ethyl adjacent to an activating group) is 1. The molecule has 1 unspecified atom stereocenters. The molecule has 0 heterocycles. The van der Waals surface area contributed by atoms with Crippen LogP contribution in [-0.2, 0) is 9.59 Å². The van der Waals surface area contributed by atoms with Crippen LogP contribution in [0.5, 0.6) is 0 Å². The number of Topliss-reactive ketones (excluding diaryl/α,β-unsaturated/α-hetero) is 1. The average molecular weight is 232 g/mol. The number of carboxylic acid groups (broad SMARTS) is 1. The van der Waals surface area contributed by atoms with Crippen LogP contribution in [0, 0.1) is 0 Å². The maximum Gasteiger partial charge on any atom is 0.306 e. The first-order valence-electron chi connectivity index (χ1n) is 5.38. The molecule has 0 aromatic carbocycles. The second kappa shape index (κ2) is 5.41. The zero-order chi connectivity index (χ0) is 13.0. The Hall–Kier alpha value is -0.940. The number of carbonyl (C=O) groups is 2. The van der Waals surface area contributed by atoms with Gasteiger partial charge in [0, 0.05) is 6.42 Å². The van der Waals surface area contributed by atoms with Crippen molar-refractivity contribution in [3.63, 3.8) is 0 Å². The number of carboxylic acids is 1. The Kier molecular flexibility index (Phi) is 5.09. The van der Waals surface area contributed by atoms with Crippen LogP contribution in [-0.4, -0.2) is 59.7 Å². The van der Waals surface area contributed by atoms with E-state index < -0.39 is 18.0 Å². The van der Waals surface area contributed by atoms with Gasteiger partial charge in [-0.15, -0.1) is 0 Å². The molecule has 0 spiro atoms. The molecule has 5 heteroatoms. The van der Waals surface area contributed by atoms with Crippen molar-refractivity contribution in [1.29, 1.82) is 0 Å². The highest BCUT2D eigenvalue weighted by atomic mass is 16.4. The summed E-state index contributed by atoms with van der Waals surface area (Å²) in [7, 11) is 5.43. The number of aliphatic hydroxyl groups is 1. The van der Waals surface area contributed by atoms with Crippen molar-refractivity contribution in [3.8, 4) is 0 Å². The molecule has 16 heavy (non-hydrogen) atoms. The number of hydrogen-bond acceptors (Lipinski definition) is 3. The third-order valence-corrected chi connectivity index (χ3v) is 2.18. The minimum atomic E-state index is -1.75. The van der Waals surface area contributed by atoms with Crippen molar-refractivity contribution in [1.82, 2.24) is 0 Å². The SMILES string of the molecule is CCCC(=O)C(O)(CC(=O)O)C[N+](C)(C)C. The van der Waals surface area contributed by atoms with E-state index in [-0.39, 0.29) is 18.7 Å². The Morgan fingerprint density at radius 1 is 1.25 bits per heavy atom. The standard InChI is InChI=1S/C11H21NO4/c1-5-6-9(13)11(16,7-10(14)15)8-12(2,3)4/h16H,5-8H2,1-4H3/p+1. The van der Waals surface area contributed by atoms with Crippen molar-refractivity contribution in [2.45, 2.75) is 31.8 Å². The number of ketones is 1. The van der Waals surface area contributed by atoms with Crippen molar-refractivity contribution in [2.75, 3.05) is 27.7 Å². The highest BCUT2D eigenvalue weighted by Crippen LogP contribution is 2.18. The van der Waals surface area contributed by atoms with Crippen LogP contribution in [0.15, 0.2) is 0 Å². The van der Waals surface area contributed by atoms with E-state index >= 15 is 0 Å². The molecule has 0 aliphatic heterocycles. The van der Waals surface area contributed by atoms with Gasteiger partial charge in [-0.2, -0.15) is 0 Å². The second-order valence-corrected chi connectivity index (χ2v) is 5.22. The summed E-state index contributed by atoms with van der Waals surface area (Å²) >= 11 is 0. The van der Waals surface area contributed by atoms with Crippen LogP contribution in [0.3, 0.4) is 0 Å². The average Bonchev–Trinajstić information content (AvgIpc) is 1.98. The minimum absolute atomic E-state index is 0.109. The summed E-state index contributed by atoms with van der Waals surface area (Å²) in [6, 6.07) is 0. The molecule has 0 aromatic rings. The first-order valence-corrected chi connectivity index (χ1v) is 5.38. The van der Waals surface area contributed by atoms with E-state index in [1.165, 1.54) is 0 Å². The Bertz CT molecular complexity index is 270. The fraction of sp³-hybridized carbons (Fsp3) is 0.818. The number of quaternary nitrogens is 1. The van der Waals surface area contributed by atoms with Crippen LogP contribution >= 0.6 is 0 Å². The van der Waals surface area contributed by atoms with E-state index in [1.807, 2.05) is 28.1 Å². The van der Waals surface area contributed by atoms with Gasteiger partial charge >= 0.3 is 5.97 Å². The predicted molar refractivity (Wildman–Crippen MR) is 60.0 cm³/mol. The summed E-state index contributed by atoms with van der Waals surface area (Å²) in [5, 5.41) is 18.9. The fourth-order valence-electron chi connectivity index (χ4n) is 1.74. The molecule has 0 aromatic heterocycles. The van der Waals surface area contributed by atoms with Crippen LogP contribution in [0.25, 0.3) is 0 Å². The molecule has 2 N–H and O–H groups in total. The van der Waals surface area contributed by atoms with Crippen LogP contribution in [0.2, 0.25) is 0 Å². The predicted octanol–water partition coefficient (Wildman–Crippen LogP) is 0.268. The zero-order valence-corrected chi connectivity index (χ0v) is 10.5. The van der Waals surface area contributed by atoms with E-state index in [0.29, 0.717) is 10.9 Å². The van der Waals surface area contributed by atoms with Gasteiger partial charge in [0.15, 0.2) is 11.4 Å². The third-order valence-electron chi connectivity index (χ3n) is 2.18. The lowest BCUT2D eigenvalue weighted by atomic mass is 9.90. The summed E-state index contributed by atoms with van der Waals surface area (Å²) in [5.41, 5.74) is -1.75. The normalized spacial score (nSPS) is 15.6. The molecule has 0 saturated carbocycles. The largest absolute Gasteiger partial charge is 0.481 e. The van der Waals surface area contributed by atoms with Gasteiger partial charge in [0.2, 0.25) is 0 Å². The summed E-state index contributed by atoms with van der Waals surface area (Å²) in [6.07, 6.45) is 0.295. The van der Waals surface area contributed by atoms with Gasteiger partial charge in [0.25, 0.3) is 0 Å². The topological polar surface area (TPSA) is 74.6 Å². The number of rotatable bonds is 7. The molecule has 0 fully saturated rings. The number of carbonyl (C=O) groups excluding carboxylic acids is 1. The number of aliphatic carboxylic acids is 1. The first-order chi connectivity index (χ1) is 7.10. The molecule has 0 aliphatic rings. The molecular formula is C11H22NO4+. The number of hydrogen-bond donors (Lipinski definition) is 2. The van der Waals surface area contributed by atoms with E-state index in [2.05, 4.69) is 0 Å². The molecule has 0 bridgehead atoms. The molecule has 0 radical (unpaired) electrons. The summed E-state index contributed by atoms with van der Waals surface area (Å²) < 4.78 is 0.346. The van der Waals surface area contributed by atoms with Gasteiger partial charge < -0.3 is 14.7 Å². The monoisotopic (exact) mass is 232 g/mol. The lowest BCUT2D eigenvalue weighted by Gasteiger charge is -2.33. The van der Waals surface area contributed by atoms with Gasteiger partial charge in [-0.05, 0) is 6.42 Å². The maximum atomic E-state index is 11.8. The third kappa shape index (κ3) is 5.23. The Morgan fingerprint density at radius 2 is 1.75 bits per heavy atom. The Morgan fingerprint density at radius 3 is 2.06 bits per heavy atom. The van der Waals surface area contributed by atoms with Crippen molar-refractivity contribution in [3.05, 3.63) is 0 Å². The molecule has 1 atom stereocenters. The fourth-order valence-corrected chi connectivity index (χ4v) is 1.74. The van der Waals surface area contributed by atoms with Gasteiger partial charge in [-0.3, -0.25) is 9.59 Å². The smallest absolute Gasteiger partial charge is 0.306 e. The molecule has 5 nitrogen and oxygen atoms in total. The Labute approximate surface area is 96.3 Å². The number of nitrogens with zero attached hydrogens (tertiary/aromatic N) is 1. The van der Waals surface area contributed by atoms with E-state index in [1.54, 1.807) is 0 Å². The summed E-state index contributed by atoms with van der Waals surface area (Å²) in [5.74, 6) is -1.54. The van der Waals surface area contributed by atoms with Crippen LogP contribution < -0.4 is 0 Å². The zero-order valence-electron chi connectivity index (χ0n) is 10.5. The van der Waals surface area contributed by atoms with Gasteiger partial charge in [0.05, 0.1) is 27.6 Å². The quantitative estimate of drug-likeness (QED) is 0.618. The van der Waals surface area contributed by atoms with E-state index in [9.17, 15) is 14.7 Å². The van der Waals surface area contributed by atoms with E-state index in [0.717, 1.165) is 0 Å². The lowest BCUT2D eigenvalue weighted by molar-refractivity contribution is -0.875. The van der Waals surface area contributed by atoms with Crippen molar-refractivity contribution in [2.24, 2.45) is 0 Å². The molecule has 0 aliphatic carbocycles. The van der Waals surface area contributed by atoms with Gasteiger partial charge in [0.1, 0.15) is 6.54 Å². The summed E-state index contributed by atoms with van der Waals surface area (Å²) in [6.45, 7) is 1.93. The highest BCUT2D eigenvalue weighted by molar-refractivity contribution is 5.90. The van der Waals surface area contributed by atoms with Crippen molar-refractivity contribution < 1.29 is 24.3 Å². The minimum Gasteiger partial charge on any atom is -0.481 e. The maximum absolute atomic E-state index is 11.8. The molecule has 94 valence electrons. The van der Waals surface area contributed by atoms with Gasteiger partial charge in [-0.25, -0.2) is 0 Å². The van der Waals surface area contributed by atoms with Crippen LogP contribution in [0.4, 0.5) is 0 Å². The van der Waals surface area contributed by atoms with Crippen LogP contribution in [0.1, 0.15) is 26.2 Å². The molecule has 0 saturated heterocycles. The first kappa shape index (κ1) is 15.1. The molecule has 0 amide bonds. The van der Waals surface area contributed by atoms with E-state index in [4.69, 9.17) is 5.11 Å². The highest BCUT2D eigenvalue weighted by Gasteiger charge is 2.42. The Balaban J connectivity index is 4.87. The molecular weight excluding hydrogens is 210 g/mol. The lowest BCUT2D eigenvalue weighted by Crippen LogP contribution is -2.54. The van der Waals surface area contributed by atoms with Gasteiger partial charge in [-0.1, -0.05) is 6.92 Å². The van der Waals surface area contributed by atoms with Crippen molar-refractivity contribution >= 4 is 11.8 Å².